The molecule has 0 saturated heterocycles. The van der Waals surface area contributed by atoms with Gasteiger partial charge in [-0.15, -0.1) is 0 Å². The molecule has 3 aromatic rings. The van der Waals surface area contributed by atoms with Crippen LogP contribution < -0.4 is 5.73 Å². The van der Waals surface area contributed by atoms with Crippen LogP contribution in [0, 0.1) is 0 Å². The van der Waals surface area contributed by atoms with Crippen molar-refractivity contribution in [3.05, 3.63) is 36.4 Å². The Morgan fingerprint density at radius 1 is 1.00 bits per heavy atom. The lowest BCUT2D eigenvalue weighted by atomic mass is 10.1. The van der Waals surface area contributed by atoms with Gasteiger partial charge >= 0.3 is 0 Å². The molecule has 2 N–H and O–H groups in total. The molecule has 0 aliphatic heterocycles. The van der Waals surface area contributed by atoms with Gasteiger partial charge in [-0.2, -0.15) is 0 Å². The molecule has 0 aliphatic rings. The molecule has 0 radical (unpaired) electrons. The number of aliphatic imine (C=N–C) groups is 1. The van der Waals surface area contributed by atoms with Crippen LogP contribution in [0.15, 0.2) is 45.8 Å². The van der Waals surface area contributed by atoms with Crippen LogP contribution in [0.25, 0.3) is 21.9 Å². The number of fused-ring (bicyclic) bond motifs is 3. The Morgan fingerprint density at radius 3 is 2.44 bits per heavy atom. The van der Waals surface area contributed by atoms with Gasteiger partial charge < -0.3 is 10.2 Å². The summed E-state index contributed by atoms with van der Waals surface area (Å²) in [6.07, 6.45) is 0. The highest BCUT2D eigenvalue weighted by Crippen LogP contribution is 2.32. The molecule has 0 bridgehead atoms. The van der Waals surface area contributed by atoms with Gasteiger partial charge in [0.1, 0.15) is 11.2 Å². The topological polar surface area (TPSA) is 51.5 Å². The number of benzene rings is 2. The third kappa shape index (κ3) is 1.18. The Hall–Kier alpha value is -2.29. The maximum Gasteiger partial charge on any atom is 0.135 e. The van der Waals surface area contributed by atoms with E-state index >= 15 is 0 Å². The number of nitrogens with zero attached hydrogens (tertiary/aromatic N) is 1. The second-order valence-corrected chi connectivity index (χ2v) is 3.70. The van der Waals surface area contributed by atoms with Gasteiger partial charge in [0.25, 0.3) is 0 Å². The van der Waals surface area contributed by atoms with Gasteiger partial charge in [0.05, 0.1) is 5.69 Å². The Balaban J connectivity index is 2.49. The maximum atomic E-state index is 5.77. The maximum absolute atomic E-state index is 5.77. The minimum Gasteiger partial charge on any atom is -0.456 e. The van der Waals surface area contributed by atoms with Gasteiger partial charge in [0.2, 0.25) is 0 Å². The van der Waals surface area contributed by atoms with Gasteiger partial charge in [-0.3, -0.25) is 4.99 Å². The van der Waals surface area contributed by atoms with Crippen molar-refractivity contribution in [1.29, 1.82) is 0 Å². The highest BCUT2D eigenvalue weighted by Gasteiger charge is 2.07. The minimum absolute atomic E-state index is 0.729. The minimum atomic E-state index is 0.729. The Labute approximate surface area is 92.2 Å². The molecule has 0 fully saturated rings. The van der Waals surface area contributed by atoms with Crippen LogP contribution in [0.1, 0.15) is 0 Å². The summed E-state index contributed by atoms with van der Waals surface area (Å²) in [5.41, 5.74) is 9.01. The van der Waals surface area contributed by atoms with E-state index in [1.54, 1.807) is 0 Å². The van der Waals surface area contributed by atoms with Gasteiger partial charge in [0.15, 0.2) is 0 Å². The smallest absolute Gasteiger partial charge is 0.135 e. The zero-order chi connectivity index (χ0) is 11.1. The quantitative estimate of drug-likeness (QED) is 0.493. The van der Waals surface area contributed by atoms with E-state index in [9.17, 15) is 0 Å². The number of furan rings is 1. The number of nitrogens with two attached hydrogens (primary N) is 1. The summed E-state index contributed by atoms with van der Waals surface area (Å²) in [4.78, 5) is 3.91. The lowest BCUT2D eigenvalue weighted by Crippen LogP contribution is -1.81. The summed E-state index contributed by atoms with van der Waals surface area (Å²) in [7, 11) is 0. The molecule has 0 aliphatic carbocycles. The van der Waals surface area contributed by atoms with Gasteiger partial charge in [-0.05, 0) is 43.1 Å². The van der Waals surface area contributed by atoms with Crippen molar-refractivity contribution < 1.29 is 4.42 Å². The van der Waals surface area contributed by atoms with Crippen molar-refractivity contribution in [2.75, 3.05) is 5.73 Å². The highest BCUT2D eigenvalue weighted by molar-refractivity contribution is 6.06. The Kier molecular flexibility index (Phi) is 1.74. The molecule has 3 rings (SSSR count). The summed E-state index contributed by atoms with van der Waals surface area (Å²) >= 11 is 0. The van der Waals surface area contributed by atoms with E-state index in [-0.39, 0.29) is 0 Å². The summed E-state index contributed by atoms with van der Waals surface area (Å²) in [6, 6.07) is 11.3. The normalized spacial score (nSPS) is 11.0. The molecule has 0 unspecified atom stereocenters. The van der Waals surface area contributed by atoms with Crippen molar-refractivity contribution in [3.8, 4) is 0 Å². The van der Waals surface area contributed by atoms with Crippen molar-refractivity contribution in [3.63, 3.8) is 0 Å². The van der Waals surface area contributed by atoms with Crippen LogP contribution in [0.2, 0.25) is 0 Å². The van der Waals surface area contributed by atoms with Crippen molar-refractivity contribution in [1.82, 2.24) is 0 Å². The van der Waals surface area contributed by atoms with E-state index in [1.165, 1.54) is 0 Å². The molecular weight excluding hydrogens is 200 g/mol. The largest absolute Gasteiger partial charge is 0.456 e. The van der Waals surface area contributed by atoms with Crippen LogP contribution in [0.4, 0.5) is 11.4 Å². The molecule has 0 atom stereocenters. The molecule has 78 valence electrons. The summed E-state index contributed by atoms with van der Waals surface area (Å²) in [6.45, 7) is 3.51. The molecular formula is C13H10N2O. The van der Waals surface area contributed by atoms with E-state index in [0.717, 1.165) is 33.3 Å². The van der Waals surface area contributed by atoms with Crippen molar-refractivity contribution >= 4 is 40.0 Å². The lowest BCUT2D eigenvalue weighted by molar-refractivity contribution is 0.669. The molecule has 3 nitrogen and oxygen atoms in total. The fourth-order valence-electron chi connectivity index (χ4n) is 1.88. The van der Waals surface area contributed by atoms with Gasteiger partial charge in [0, 0.05) is 16.5 Å². The van der Waals surface area contributed by atoms with E-state index < -0.39 is 0 Å². The van der Waals surface area contributed by atoms with Crippen LogP contribution in [-0.4, -0.2) is 6.72 Å². The van der Waals surface area contributed by atoms with Crippen molar-refractivity contribution in [2.45, 2.75) is 0 Å². The van der Waals surface area contributed by atoms with E-state index in [4.69, 9.17) is 10.2 Å². The first kappa shape index (κ1) is 8.97. The number of nitrogen functional groups attached to an aromatic ring is 1. The zero-order valence-corrected chi connectivity index (χ0v) is 8.60. The average molecular weight is 210 g/mol. The first-order valence-corrected chi connectivity index (χ1v) is 4.96. The molecule has 0 spiro atoms. The summed E-state index contributed by atoms with van der Waals surface area (Å²) < 4.78 is 5.69. The molecule has 2 aromatic carbocycles. The van der Waals surface area contributed by atoms with E-state index in [2.05, 4.69) is 11.7 Å². The van der Waals surface area contributed by atoms with Crippen LogP contribution in [-0.2, 0) is 0 Å². The standard InChI is InChI=1S/C13H10N2O/c1-15-9-3-5-13-11(7-9)10-6-8(14)2-4-12(10)16-13/h2-7H,1,14H2. The lowest BCUT2D eigenvalue weighted by Gasteiger charge is -1.93. The molecule has 16 heavy (non-hydrogen) atoms. The highest BCUT2D eigenvalue weighted by atomic mass is 16.3. The molecule has 0 saturated carbocycles. The first-order chi connectivity index (χ1) is 7.78. The monoisotopic (exact) mass is 210 g/mol. The Morgan fingerprint density at radius 2 is 1.69 bits per heavy atom. The zero-order valence-electron chi connectivity index (χ0n) is 8.60. The van der Waals surface area contributed by atoms with Gasteiger partial charge in [-0.1, -0.05) is 0 Å². The summed E-state index contributed by atoms with van der Waals surface area (Å²) in [5.74, 6) is 0. The first-order valence-electron chi connectivity index (χ1n) is 4.96. The molecule has 1 heterocycles. The second kappa shape index (κ2) is 3.10. The number of hydrogen-bond donors (Lipinski definition) is 1. The third-order valence-corrected chi connectivity index (χ3v) is 2.66. The Bertz CT molecular complexity index is 698. The van der Waals surface area contributed by atoms with Crippen LogP contribution >= 0.6 is 0 Å². The molecule has 0 amide bonds. The van der Waals surface area contributed by atoms with E-state index in [1.807, 2.05) is 36.4 Å². The number of anilines is 1. The summed E-state index contributed by atoms with van der Waals surface area (Å²) in [5, 5.41) is 2.03. The van der Waals surface area contributed by atoms with Crippen LogP contribution in [0.5, 0.6) is 0 Å². The second-order valence-electron chi connectivity index (χ2n) is 3.70. The number of hydrogen-bond acceptors (Lipinski definition) is 3. The van der Waals surface area contributed by atoms with Crippen molar-refractivity contribution in [2.24, 2.45) is 4.99 Å². The number of rotatable bonds is 1. The fraction of sp³-hybridized carbons (Fsp3) is 0. The van der Waals surface area contributed by atoms with Crippen LogP contribution in [0.3, 0.4) is 0 Å². The SMILES string of the molecule is C=Nc1ccc2oc3ccc(N)cc3c2c1. The molecule has 3 heteroatoms. The predicted octanol–water partition coefficient (Wildman–Crippen LogP) is 3.50. The average Bonchev–Trinajstić information content (AvgIpc) is 2.66. The van der Waals surface area contributed by atoms with Gasteiger partial charge in [-0.25, -0.2) is 0 Å². The fourth-order valence-corrected chi connectivity index (χ4v) is 1.88. The predicted molar refractivity (Wildman–Crippen MR) is 67.3 cm³/mol. The third-order valence-electron chi connectivity index (χ3n) is 2.66. The molecule has 1 aromatic heterocycles. The van der Waals surface area contributed by atoms with E-state index in [0.29, 0.717) is 0 Å².